The molecule has 1 aromatic heterocycles. The summed E-state index contributed by atoms with van der Waals surface area (Å²) >= 11 is 6.09. The largest absolute Gasteiger partial charge is 0.368 e. The van der Waals surface area contributed by atoms with Crippen molar-refractivity contribution in [1.29, 1.82) is 0 Å². The number of carbonyl (C=O) groups excluding carboxylic acids is 1. The van der Waals surface area contributed by atoms with Gasteiger partial charge in [-0.3, -0.25) is 9.59 Å². The number of amides is 1. The fourth-order valence-electron chi connectivity index (χ4n) is 4.00. The molecule has 0 saturated carbocycles. The van der Waals surface area contributed by atoms with Crippen LogP contribution in [0.2, 0.25) is 5.02 Å². The molecule has 1 amide bonds. The molecular formula is C22H23ClN4O3. The standard InChI is InChI=1S/C22H23ClN4O3/c1-2-19(27-20(28)17-8-3-4-9-18(17)24-22(27)30)21(29)26-12-10-25(11-13-26)16-7-5-6-15(23)14-16/h3-9,14,19H,2,10-13H2,1H3,(H,24,30)/t19-/m1/s1. The van der Waals surface area contributed by atoms with Crippen LogP contribution in [0.4, 0.5) is 5.69 Å². The van der Waals surface area contributed by atoms with Crippen LogP contribution in [0, 0.1) is 0 Å². The fourth-order valence-corrected chi connectivity index (χ4v) is 4.18. The first-order chi connectivity index (χ1) is 14.5. The van der Waals surface area contributed by atoms with Gasteiger partial charge in [-0.15, -0.1) is 0 Å². The Morgan fingerprint density at radius 3 is 2.50 bits per heavy atom. The molecule has 1 aliphatic rings. The predicted octanol–water partition coefficient (Wildman–Crippen LogP) is 2.64. The van der Waals surface area contributed by atoms with Crippen molar-refractivity contribution in [2.45, 2.75) is 19.4 Å². The molecule has 1 fully saturated rings. The Balaban J connectivity index is 1.57. The summed E-state index contributed by atoms with van der Waals surface area (Å²) in [4.78, 5) is 45.5. The molecular weight excluding hydrogens is 404 g/mol. The van der Waals surface area contributed by atoms with Gasteiger partial charge in [0.2, 0.25) is 5.91 Å². The Labute approximate surface area is 178 Å². The number of hydrogen-bond acceptors (Lipinski definition) is 4. The average molecular weight is 427 g/mol. The van der Waals surface area contributed by atoms with Gasteiger partial charge in [0.1, 0.15) is 6.04 Å². The molecule has 1 saturated heterocycles. The van der Waals surface area contributed by atoms with E-state index in [0.29, 0.717) is 48.5 Å². The van der Waals surface area contributed by atoms with Crippen LogP contribution in [-0.2, 0) is 4.79 Å². The van der Waals surface area contributed by atoms with Gasteiger partial charge in [0, 0.05) is 36.9 Å². The maximum absolute atomic E-state index is 13.2. The van der Waals surface area contributed by atoms with E-state index in [1.165, 1.54) is 0 Å². The minimum absolute atomic E-state index is 0.203. The van der Waals surface area contributed by atoms with Crippen LogP contribution in [0.5, 0.6) is 0 Å². The monoisotopic (exact) mass is 426 g/mol. The van der Waals surface area contributed by atoms with Crippen molar-refractivity contribution in [1.82, 2.24) is 14.5 Å². The SMILES string of the molecule is CC[C@H](C(=O)N1CCN(c2cccc(Cl)c2)CC1)n1c(=O)[nH]c2ccccc2c1=O. The second-order valence-electron chi connectivity index (χ2n) is 7.37. The van der Waals surface area contributed by atoms with E-state index >= 15 is 0 Å². The molecule has 0 unspecified atom stereocenters. The Bertz CT molecular complexity index is 1190. The van der Waals surface area contributed by atoms with Crippen LogP contribution in [0.3, 0.4) is 0 Å². The summed E-state index contributed by atoms with van der Waals surface area (Å²) in [6, 6.07) is 13.6. The van der Waals surface area contributed by atoms with Crippen LogP contribution in [-0.4, -0.2) is 46.5 Å². The molecule has 0 spiro atoms. The van der Waals surface area contributed by atoms with Crippen LogP contribution in [0.15, 0.2) is 58.1 Å². The summed E-state index contributed by atoms with van der Waals surface area (Å²) in [7, 11) is 0. The first-order valence-corrected chi connectivity index (χ1v) is 10.4. The minimum atomic E-state index is -0.830. The van der Waals surface area contributed by atoms with Gasteiger partial charge in [0.25, 0.3) is 5.56 Å². The Morgan fingerprint density at radius 1 is 1.07 bits per heavy atom. The highest BCUT2D eigenvalue weighted by Crippen LogP contribution is 2.22. The maximum atomic E-state index is 13.2. The predicted molar refractivity (Wildman–Crippen MR) is 118 cm³/mol. The number of rotatable bonds is 4. The molecule has 3 aromatic rings. The van der Waals surface area contributed by atoms with Crippen molar-refractivity contribution < 1.29 is 4.79 Å². The first-order valence-electron chi connectivity index (χ1n) is 10.0. The lowest BCUT2D eigenvalue weighted by Gasteiger charge is -2.37. The molecule has 7 nitrogen and oxygen atoms in total. The van der Waals surface area contributed by atoms with Crippen LogP contribution >= 0.6 is 11.6 Å². The normalized spacial score (nSPS) is 15.4. The third kappa shape index (κ3) is 3.73. The van der Waals surface area contributed by atoms with Gasteiger partial charge in [0.15, 0.2) is 0 Å². The van der Waals surface area contributed by atoms with Crippen molar-refractivity contribution in [3.8, 4) is 0 Å². The third-order valence-electron chi connectivity index (χ3n) is 5.58. The van der Waals surface area contributed by atoms with Gasteiger partial charge in [-0.05, 0) is 36.8 Å². The molecule has 4 rings (SSSR count). The molecule has 8 heteroatoms. The van der Waals surface area contributed by atoms with Gasteiger partial charge >= 0.3 is 5.69 Å². The number of para-hydroxylation sites is 1. The number of H-pyrrole nitrogens is 1. The third-order valence-corrected chi connectivity index (χ3v) is 5.82. The van der Waals surface area contributed by atoms with Crippen molar-refractivity contribution >= 4 is 34.1 Å². The average Bonchev–Trinajstić information content (AvgIpc) is 2.76. The highest BCUT2D eigenvalue weighted by Gasteiger charge is 2.30. The van der Waals surface area contributed by atoms with E-state index in [9.17, 15) is 14.4 Å². The number of benzene rings is 2. The summed E-state index contributed by atoms with van der Waals surface area (Å²) in [6.07, 6.45) is 0.356. The molecule has 2 aromatic carbocycles. The summed E-state index contributed by atoms with van der Waals surface area (Å²) in [5.41, 5.74) is 0.494. The van der Waals surface area contributed by atoms with Gasteiger partial charge in [-0.25, -0.2) is 9.36 Å². The van der Waals surface area contributed by atoms with Gasteiger partial charge in [-0.2, -0.15) is 0 Å². The zero-order valence-electron chi connectivity index (χ0n) is 16.7. The summed E-state index contributed by atoms with van der Waals surface area (Å²) in [5.74, 6) is -0.203. The number of fused-ring (bicyclic) bond motifs is 1. The molecule has 156 valence electrons. The molecule has 0 bridgehead atoms. The smallest absolute Gasteiger partial charge is 0.329 e. The highest BCUT2D eigenvalue weighted by molar-refractivity contribution is 6.30. The quantitative estimate of drug-likeness (QED) is 0.695. The lowest BCUT2D eigenvalue weighted by Crippen LogP contribution is -2.52. The highest BCUT2D eigenvalue weighted by atomic mass is 35.5. The summed E-state index contributed by atoms with van der Waals surface area (Å²) in [5, 5.41) is 1.07. The van der Waals surface area contributed by atoms with Crippen molar-refractivity contribution in [3.63, 3.8) is 0 Å². The Morgan fingerprint density at radius 2 is 1.80 bits per heavy atom. The molecule has 0 radical (unpaired) electrons. The molecule has 2 heterocycles. The van der Waals surface area contributed by atoms with Crippen LogP contribution in [0.1, 0.15) is 19.4 Å². The minimum Gasteiger partial charge on any atom is -0.368 e. The zero-order chi connectivity index (χ0) is 21.3. The molecule has 1 N–H and O–H groups in total. The van der Waals surface area contributed by atoms with Crippen molar-refractivity contribution in [2.75, 3.05) is 31.1 Å². The van der Waals surface area contributed by atoms with Gasteiger partial charge in [0.05, 0.1) is 10.9 Å². The van der Waals surface area contributed by atoms with Crippen molar-refractivity contribution in [2.24, 2.45) is 0 Å². The van der Waals surface area contributed by atoms with E-state index in [0.717, 1.165) is 10.3 Å². The lowest BCUT2D eigenvalue weighted by atomic mass is 10.1. The second-order valence-corrected chi connectivity index (χ2v) is 7.80. The number of anilines is 1. The molecule has 1 atom stereocenters. The number of halogens is 1. The maximum Gasteiger partial charge on any atom is 0.329 e. The van der Waals surface area contributed by atoms with E-state index in [4.69, 9.17) is 11.6 Å². The van der Waals surface area contributed by atoms with Crippen molar-refractivity contribution in [3.05, 3.63) is 74.4 Å². The first kappa shape index (κ1) is 20.2. The van der Waals surface area contributed by atoms with E-state index in [1.807, 2.05) is 31.2 Å². The molecule has 1 aliphatic heterocycles. The second kappa shape index (κ2) is 8.36. The number of aromatic amines is 1. The summed E-state index contributed by atoms with van der Waals surface area (Å²) in [6.45, 7) is 4.16. The fraction of sp³-hybridized carbons (Fsp3) is 0.318. The zero-order valence-corrected chi connectivity index (χ0v) is 17.4. The number of carbonyl (C=O) groups is 1. The van der Waals surface area contributed by atoms with E-state index in [-0.39, 0.29) is 5.91 Å². The topological polar surface area (TPSA) is 78.4 Å². The summed E-state index contributed by atoms with van der Waals surface area (Å²) < 4.78 is 1.06. The number of hydrogen-bond donors (Lipinski definition) is 1. The molecule has 0 aliphatic carbocycles. The Hall–Kier alpha value is -3.06. The van der Waals surface area contributed by atoms with E-state index < -0.39 is 17.3 Å². The number of aromatic nitrogens is 2. The van der Waals surface area contributed by atoms with E-state index in [1.54, 1.807) is 29.2 Å². The number of nitrogens with one attached hydrogen (secondary N) is 1. The van der Waals surface area contributed by atoms with Crippen LogP contribution < -0.4 is 16.1 Å². The van der Waals surface area contributed by atoms with Crippen LogP contribution in [0.25, 0.3) is 10.9 Å². The van der Waals surface area contributed by atoms with E-state index in [2.05, 4.69) is 9.88 Å². The number of nitrogens with zero attached hydrogens (tertiary/aromatic N) is 3. The Kier molecular flexibility index (Phi) is 5.63. The van der Waals surface area contributed by atoms with Gasteiger partial charge in [-0.1, -0.05) is 36.7 Å². The molecule has 30 heavy (non-hydrogen) atoms. The van der Waals surface area contributed by atoms with Gasteiger partial charge < -0.3 is 14.8 Å². The lowest BCUT2D eigenvalue weighted by molar-refractivity contribution is -0.135. The number of piperazine rings is 1.